The van der Waals surface area contributed by atoms with Crippen molar-refractivity contribution in [3.8, 4) is 0 Å². The minimum absolute atomic E-state index is 0.0307. The van der Waals surface area contributed by atoms with Gasteiger partial charge >= 0.3 is 6.18 Å². The van der Waals surface area contributed by atoms with Gasteiger partial charge in [0.05, 0.1) is 21.8 Å². The number of hydrogen-bond acceptors (Lipinski definition) is 3. The van der Waals surface area contributed by atoms with Crippen molar-refractivity contribution in [3.63, 3.8) is 0 Å². The van der Waals surface area contributed by atoms with Crippen LogP contribution < -0.4 is 5.32 Å². The Morgan fingerprint density at radius 1 is 1.43 bits per heavy atom. The van der Waals surface area contributed by atoms with Crippen LogP contribution in [0.1, 0.15) is 27.2 Å². The maximum absolute atomic E-state index is 12.7. The van der Waals surface area contributed by atoms with Crippen molar-refractivity contribution in [2.45, 2.75) is 19.5 Å². The van der Waals surface area contributed by atoms with Crippen LogP contribution in [0.25, 0.3) is 0 Å². The first-order valence-electron chi connectivity index (χ1n) is 5.94. The Bertz CT molecular complexity index is 670. The highest BCUT2D eigenvalue weighted by Crippen LogP contribution is 2.36. The fraction of sp³-hybridized carbons (Fsp3) is 0.231. The third-order valence-corrected chi connectivity index (χ3v) is 4.08. The van der Waals surface area contributed by atoms with E-state index >= 15 is 0 Å². The second kappa shape index (κ2) is 6.03. The van der Waals surface area contributed by atoms with Crippen LogP contribution in [0.2, 0.25) is 5.02 Å². The molecule has 21 heavy (non-hydrogen) atoms. The number of thiazole rings is 1. The van der Waals surface area contributed by atoms with Crippen LogP contribution in [0.4, 0.5) is 18.9 Å². The first kappa shape index (κ1) is 15.8. The van der Waals surface area contributed by atoms with Crippen LogP contribution >= 0.6 is 22.9 Å². The number of alkyl halides is 3. The largest absolute Gasteiger partial charge is 0.417 e. The van der Waals surface area contributed by atoms with Crippen molar-refractivity contribution < 1.29 is 18.0 Å². The smallest absolute Gasteiger partial charge is 0.321 e. The van der Waals surface area contributed by atoms with E-state index in [0.717, 1.165) is 17.1 Å². The zero-order valence-corrected chi connectivity index (χ0v) is 12.4. The number of hydrogen-bond donors (Lipinski definition) is 1. The SMILES string of the molecule is CCc1ncc(C(=O)Nc2ccc(Cl)c(C(F)(F)F)c2)s1. The normalized spacial score (nSPS) is 11.5. The minimum Gasteiger partial charge on any atom is -0.321 e. The molecule has 0 fully saturated rings. The molecule has 0 atom stereocenters. The van der Waals surface area contributed by atoms with Crippen LogP contribution in [0.3, 0.4) is 0 Å². The zero-order valence-electron chi connectivity index (χ0n) is 10.8. The number of aryl methyl sites for hydroxylation is 1. The molecule has 0 aliphatic rings. The number of nitrogens with one attached hydrogen (secondary N) is 1. The number of benzene rings is 1. The Morgan fingerprint density at radius 3 is 2.71 bits per heavy atom. The number of anilines is 1. The Labute approximate surface area is 127 Å². The standard InChI is InChI=1S/C13H10ClF3N2OS/c1-2-11-18-6-10(21-11)12(20)19-7-3-4-9(14)8(5-7)13(15,16)17/h3-6H,2H2,1H3,(H,19,20). The van der Waals surface area contributed by atoms with Gasteiger partial charge in [-0.15, -0.1) is 11.3 Å². The molecule has 1 aromatic heterocycles. The number of aromatic nitrogens is 1. The zero-order chi connectivity index (χ0) is 15.6. The minimum atomic E-state index is -4.57. The molecule has 0 bridgehead atoms. The molecule has 3 nitrogen and oxygen atoms in total. The van der Waals surface area contributed by atoms with Crippen molar-refractivity contribution >= 4 is 34.5 Å². The summed E-state index contributed by atoms with van der Waals surface area (Å²) in [6.45, 7) is 1.90. The Morgan fingerprint density at radius 2 is 2.14 bits per heavy atom. The summed E-state index contributed by atoms with van der Waals surface area (Å²) in [5, 5.41) is 2.78. The van der Waals surface area contributed by atoms with Crippen LogP contribution in [0.15, 0.2) is 24.4 Å². The second-order valence-electron chi connectivity index (χ2n) is 4.12. The van der Waals surface area contributed by atoms with Gasteiger partial charge in [-0.3, -0.25) is 4.79 Å². The third kappa shape index (κ3) is 3.74. The van der Waals surface area contributed by atoms with E-state index in [-0.39, 0.29) is 5.69 Å². The lowest BCUT2D eigenvalue weighted by Gasteiger charge is -2.11. The number of amides is 1. The Balaban J connectivity index is 2.21. The first-order valence-corrected chi connectivity index (χ1v) is 7.13. The molecule has 1 N–H and O–H groups in total. The number of rotatable bonds is 3. The summed E-state index contributed by atoms with van der Waals surface area (Å²) < 4.78 is 38.2. The molecule has 112 valence electrons. The summed E-state index contributed by atoms with van der Waals surface area (Å²) >= 11 is 6.72. The number of carbonyl (C=O) groups is 1. The van der Waals surface area contributed by atoms with Gasteiger partial charge in [0.1, 0.15) is 4.88 Å². The molecular weight excluding hydrogens is 325 g/mol. The predicted octanol–water partition coefficient (Wildman–Crippen LogP) is 4.63. The monoisotopic (exact) mass is 334 g/mol. The third-order valence-electron chi connectivity index (χ3n) is 2.61. The van der Waals surface area contributed by atoms with Crippen molar-refractivity contribution in [2.24, 2.45) is 0 Å². The van der Waals surface area contributed by atoms with E-state index in [9.17, 15) is 18.0 Å². The van der Waals surface area contributed by atoms with Gasteiger partial charge in [-0.25, -0.2) is 4.98 Å². The van der Waals surface area contributed by atoms with Gasteiger partial charge in [0, 0.05) is 5.69 Å². The van der Waals surface area contributed by atoms with Gasteiger partial charge in [-0.2, -0.15) is 13.2 Å². The molecule has 2 aromatic rings. The molecule has 0 saturated carbocycles. The van der Waals surface area contributed by atoms with Crippen molar-refractivity contribution in [1.29, 1.82) is 0 Å². The number of nitrogens with zero attached hydrogens (tertiary/aromatic N) is 1. The fourth-order valence-corrected chi connectivity index (χ4v) is 2.57. The summed E-state index contributed by atoms with van der Waals surface area (Å²) in [6.07, 6.45) is -2.48. The van der Waals surface area contributed by atoms with E-state index in [1.165, 1.54) is 23.6 Å². The van der Waals surface area contributed by atoms with Gasteiger partial charge in [-0.1, -0.05) is 18.5 Å². The maximum atomic E-state index is 12.7. The van der Waals surface area contributed by atoms with Gasteiger partial charge in [0.15, 0.2) is 0 Å². The molecule has 0 radical (unpaired) electrons. The molecule has 0 aliphatic heterocycles. The van der Waals surface area contributed by atoms with Gasteiger partial charge < -0.3 is 5.32 Å². The second-order valence-corrected chi connectivity index (χ2v) is 5.64. The average molecular weight is 335 g/mol. The topological polar surface area (TPSA) is 42.0 Å². The maximum Gasteiger partial charge on any atom is 0.417 e. The number of carbonyl (C=O) groups excluding carboxylic acids is 1. The summed E-state index contributed by atoms with van der Waals surface area (Å²) in [7, 11) is 0. The molecule has 0 unspecified atom stereocenters. The van der Waals surface area contributed by atoms with Crippen LogP contribution in [-0.4, -0.2) is 10.9 Å². The molecule has 0 spiro atoms. The summed E-state index contributed by atoms with van der Waals surface area (Å²) in [5.74, 6) is -0.498. The molecule has 1 aromatic carbocycles. The summed E-state index contributed by atoms with van der Waals surface area (Å²) in [5.41, 5.74) is -0.955. The highest BCUT2D eigenvalue weighted by molar-refractivity contribution is 7.13. The highest BCUT2D eigenvalue weighted by atomic mass is 35.5. The van der Waals surface area contributed by atoms with Gasteiger partial charge in [0.2, 0.25) is 0 Å². The van der Waals surface area contributed by atoms with Gasteiger partial charge in [0.25, 0.3) is 5.91 Å². The molecule has 1 amide bonds. The summed E-state index contributed by atoms with van der Waals surface area (Å²) in [6, 6.07) is 3.23. The van der Waals surface area contributed by atoms with Gasteiger partial charge in [-0.05, 0) is 24.6 Å². The molecule has 8 heteroatoms. The molecule has 2 rings (SSSR count). The average Bonchev–Trinajstić information content (AvgIpc) is 2.88. The van der Waals surface area contributed by atoms with E-state index in [2.05, 4.69) is 10.3 Å². The highest BCUT2D eigenvalue weighted by Gasteiger charge is 2.33. The van der Waals surface area contributed by atoms with E-state index in [1.807, 2.05) is 6.92 Å². The Kier molecular flexibility index (Phi) is 4.53. The molecule has 1 heterocycles. The van der Waals surface area contributed by atoms with Crippen LogP contribution in [0, 0.1) is 0 Å². The Hall–Kier alpha value is -1.60. The van der Waals surface area contributed by atoms with E-state index in [1.54, 1.807) is 0 Å². The fourth-order valence-electron chi connectivity index (χ4n) is 1.59. The molecule has 0 aliphatic carbocycles. The van der Waals surface area contributed by atoms with E-state index < -0.39 is 22.7 Å². The first-order chi connectivity index (χ1) is 9.81. The van der Waals surface area contributed by atoms with Crippen LogP contribution in [-0.2, 0) is 12.6 Å². The van der Waals surface area contributed by atoms with E-state index in [0.29, 0.717) is 11.3 Å². The lowest BCUT2D eigenvalue weighted by atomic mass is 10.2. The van der Waals surface area contributed by atoms with E-state index in [4.69, 9.17) is 11.6 Å². The molecular formula is C13H10ClF3N2OS. The lowest BCUT2D eigenvalue weighted by molar-refractivity contribution is -0.137. The van der Waals surface area contributed by atoms with Crippen LogP contribution in [0.5, 0.6) is 0 Å². The van der Waals surface area contributed by atoms with Crippen molar-refractivity contribution in [1.82, 2.24) is 4.98 Å². The quantitative estimate of drug-likeness (QED) is 0.889. The predicted molar refractivity (Wildman–Crippen MR) is 75.9 cm³/mol. The van der Waals surface area contributed by atoms with Crippen molar-refractivity contribution in [2.75, 3.05) is 5.32 Å². The number of halogens is 4. The summed E-state index contributed by atoms with van der Waals surface area (Å²) in [4.78, 5) is 16.3. The lowest BCUT2D eigenvalue weighted by Crippen LogP contribution is -2.12. The van der Waals surface area contributed by atoms with Crippen molar-refractivity contribution in [3.05, 3.63) is 44.9 Å². The molecule has 0 saturated heterocycles.